The van der Waals surface area contributed by atoms with Gasteiger partial charge in [-0.3, -0.25) is 4.79 Å². The molecular weight excluding hydrogens is 232 g/mol. The second kappa shape index (κ2) is 4.48. The Morgan fingerprint density at radius 3 is 2.56 bits per heavy atom. The molecule has 7 heteroatoms. The first kappa shape index (κ1) is 12.4. The van der Waals surface area contributed by atoms with Crippen LogP contribution in [0, 0.1) is 6.42 Å². The zero-order valence-corrected chi connectivity index (χ0v) is 9.61. The molecule has 2 N–H and O–H groups in total. The lowest BCUT2D eigenvalue weighted by atomic mass is 10.2. The number of hydrogen-bond acceptors (Lipinski definition) is 5. The number of ether oxygens (including phenoxy) is 1. The summed E-state index contributed by atoms with van der Waals surface area (Å²) in [5.74, 6) is -0.567. The summed E-state index contributed by atoms with van der Waals surface area (Å²) >= 11 is 0. The summed E-state index contributed by atoms with van der Waals surface area (Å²) in [6.45, 7) is 0. The summed E-state index contributed by atoms with van der Waals surface area (Å²) < 4.78 is 27.4. The zero-order valence-electron chi connectivity index (χ0n) is 8.80. The average Bonchev–Trinajstić information content (AvgIpc) is 2.14. The molecule has 1 amide bonds. The van der Waals surface area contributed by atoms with E-state index in [1.165, 1.54) is 19.2 Å². The number of amides is 1. The maximum Gasteiger partial charge on any atom is 0.226 e. The number of sulfone groups is 1. The van der Waals surface area contributed by atoms with Crippen molar-refractivity contribution in [1.82, 2.24) is 4.98 Å². The van der Waals surface area contributed by atoms with Crippen molar-refractivity contribution in [2.45, 2.75) is 5.03 Å². The van der Waals surface area contributed by atoms with Gasteiger partial charge in [0, 0.05) is 12.3 Å². The molecule has 6 nitrogen and oxygen atoms in total. The number of aromatic nitrogens is 1. The van der Waals surface area contributed by atoms with Gasteiger partial charge in [0.15, 0.2) is 14.9 Å². The van der Waals surface area contributed by atoms with Gasteiger partial charge in [-0.15, -0.1) is 0 Å². The van der Waals surface area contributed by atoms with E-state index in [1.807, 2.05) is 0 Å². The first-order valence-electron chi connectivity index (χ1n) is 4.23. The topological polar surface area (TPSA) is 99.4 Å². The van der Waals surface area contributed by atoms with E-state index >= 15 is 0 Å². The monoisotopic (exact) mass is 243 g/mol. The Labute approximate surface area is 93.4 Å². The Balaban J connectivity index is 3.26. The van der Waals surface area contributed by atoms with E-state index in [2.05, 4.69) is 4.98 Å². The van der Waals surface area contributed by atoms with E-state index in [-0.39, 0.29) is 10.9 Å². The lowest BCUT2D eigenvalue weighted by Crippen LogP contribution is -2.12. The number of methoxy groups -OCH3 is 1. The summed E-state index contributed by atoms with van der Waals surface area (Å²) in [6.07, 6.45) is 2.11. The van der Waals surface area contributed by atoms with Crippen LogP contribution in [0.1, 0.15) is 5.56 Å². The molecule has 0 saturated carbocycles. The van der Waals surface area contributed by atoms with Gasteiger partial charge < -0.3 is 10.5 Å². The number of hydrogen-bond donors (Lipinski definition) is 1. The molecule has 16 heavy (non-hydrogen) atoms. The lowest BCUT2D eigenvalue weighted by Gasteiger charge is -2.05. The van der Waals surface area contributed by atoms with Crippen LogP contribution in [0.15, 0.2) is 17.2 Å². The minimum atomic E-state index is -3.46. The molecule has 1 radical (unpaired) electrons. The number of nitrogens with two attached hydrogens (primary N) is 1. The molecule has 1 aromatic heterocycles. The molecule has 87 valence electrons. The van der Waals surface area contributed by atoms with Crippen molar-refractivity contribution in [3.63, 3.8) is 0 Å². The van der Waals surface area contributed by atoms with E-state index in [0.717, 1.165) is 12.7 Å². The Kier molecular flexibility index (Phi) is 3.48. The van der Waals surface area contributed by atoms with Crippen LogP contribution in [0.4, 0.5) is 0 Å². The molecule has 0 unspecified atom stereocenters. The predicted molar refractivity (Wildman–Crippen MR) is 56.5 cm³/mol. The molecule has 1 rings (SSSR count). The third-order valence-corrected chi connectivity index (χ3v) is 2.67. The van der Waals surface area contributed by atoms with Crippen LogP contribution in [0.5, 0.6) is 5.88 Å². The number of pyridine rings is 1. The first-order chi connectivity index (χ1) is 7.32. The third kappa shape index (κ3) is 3.20. The van der Waals surface area contributed by atoms with Crippen LogP contribution in [0.3, 0.4) is 0 Å². The number of carbonyl (C=O) groups is 1. The Hall–Kier alpha value is -1.63. The van der Waals surface area contributed by atoms with Gasteiger partial charge in [-0.1, -0.05) is 0 Å². The summed E-state index contributed by atoms with van der Waals surface area (Å²) in [4.78, 5) is 14.4. The van der Waals surface area contributed by atoms with Crippen molar-refractivity contribution >= 4 is 15.7 Å². The van der Waals surface area contributed by atoms with E-state index in [4.69, 9.17) is 10.5 Å². The van der Waals surface area contributed by atoms with Gasteiger partial charge in [0.05, 0.1) is 13.5 Å². The Morgan fingerprint density at radius 1 is 1.50 bits per heavy atom. The standard InChI is InChI=1S/C9H11N2O4S/c1-15-8-4-6(3-7(10)12)5-9(11-8)16(2,13)14/h3-5H,1-2H3,(H2,10,12). The number of primary amides is 1. The van der Waals surface area contributed by atoms with E-state index < -0.39 is 15.7 Å². The fourth-order valence-electron chi connectivity index (χ4n) is 1.04. The van der Waals surface area contributed by atoms with Gasteiger partial charge in [-0.2, -0.15) is 0 Å². The summed E-state index contributed by atoms with van der Waals surface area (Å²) in [7, 11) is -2.11. The van der Waals surface area contributed by atoms with Crippen molar-refractivity contribution < 1.29 is 17.9 Å². The molecule has 1 aromatic rings. The normalized spacial score (nSPS) is 11.1. The summed E-state index contributed by atoms with van der Waals surface area (Å²) in [5, 5.41) is -0.167. The molecule has 0 aliphatic heterocycles. The fraction of sp³-hybridized carbons (Fsp3) is 0.222. The molecule has 0 spiro atoms. The van der Waals surface area contributed by atoms with Crippen molar-refractivity contribution in [2.75, 3.05) is 13.4 Å². The molecular formula is C9H11N2O4S. The van der Waals surface area contributed by atoms with Crippen LogP contribution in [0.2, 0.25) is 0 Å². The second-order valence-electron chi connectivity index (χ2n) is 3.10. The molecule has 0 bridgehead atoms. The largest absolute Gasteiger partial charge is 0.481 e. The molecule has 0 aromatic carbocycles. The summed E-state index contributed by atoms with van der Waals surface area (Å²) in [5.41, 5.74) is 5.30. The average molecular weight is 243 g/mol. The maximum atomic E-state index is 11.3. The third-order valence-electron chi connectivity index (χ3n) is 1.70. The fourth-order valence-corrected chi connectivity index (χ4v) is 1.65. The second-order valence-corrected chi connectivity index (χ2v) is 5.06. The predicted octanol–water partition coefficient (Wildman–Crippen LogP) is -0.469. The van der Waals surface area contributed by atoms with Gasteiger partial charge in [-0.25, -0.2) is 13.4 Å². The molecule has 0 fully saturated rings. The maximum absolute atomic E-state index is 11.3. The van der Waals surface area contributed by atoms with E-state index in [0.29, 0.717) is 5.56 Å². The lowest BCUT2D eigenvalue weighted by molar-refractivity contribution is -0.114. The van der Waals surface area contributed by atoms with Crippen LogP contribution < -0.4 is 10.5 Å². The number of carbonyl (C=O) groups excluding carboxylic acids is 1. The van der Waals surface area contributed by atoms with Crippen molar-refractivity contribution in [1.29, 1.82) is 0 Å². The minimum absolute atomic E-state index is 0.107. The molecule has 0 aliphatic rings. The molecule has 0 aliphatic carbocycles. The van der Waals surface area contributed by atoms with Crippen molar-refractivity contribution in [3.05, 3.63) is 24.1 Å². The molecule has 0 atom stereocenters. The SMILES string of the molecule is COc1cc([CH]C(N)=O)cc(S(C)(=O)=O)n1. The van der Waals surface area contributed by atoms with Crippen molar-refractivity contribution in [2.24, 2.45) is 5.73 Å². The van der Waals surface area contributed by atoms with Crippen molar-refractivity contribution in [3.8, 4) is 5.88 Å². The quantitative estimate of drug-likeness (QED) is 0.770. The van der Waals surface area contributed by atoms with E-state index in [1.54, 1.807) is 0 Å². The van der Waals surface area contributed by atoms with Crippen LogP contribution in [0.25, 0.3) is 0 Å². The van der Waals surface area contributed by atoms with Gasteiger partial charge >= 0.3 is 0 Å². The Bertz CT molecular complexity index is 510. The van der Waals surface area contributed by atoms with Crippen LogP contribution >= 0.6 is 0 Å². The smallest absolute Gasteiger partial charge is 0.226 e. The highest BCUT2D eigenvalue weighted by molar-refractivity contribution is 7.90. The van der Waals surface area contributed by atoms with Crippen LogP contribution in [-0.4, -0.2) is 32.7 Å². The Morgan fingerprint density at radius 2 is 2.12 bits per heavy atom. The summed E-state index contributed by atoms with van der Waals surface area (Å²) in [6, 6.07) is 2.67. The minimum Gasteiger partial charge on any atom is -0.481 e. The number of rotatable bonds is 4. The zero-order chi connectivity index (χ0) is 12.3. The highest BCUT2D eigenvalue weighted by Crippen LogP contribution is 2.17. The van der Waals surface area contributed by atoms with Gasteiger partial charge in [0.2, 0.25) is 11.8 Å². The van der Waals surface area contributed by atoms with E-state index in [9.17, 15) is 13.2 Å². The first-order valence-corrected chi connectivity index (χ1v) is 6.12. The molecule has 1 heterocycles. The van der Waals surface area contributed by atoms with Gasteiger partial charge in [0.25, 0.3) is 0 Å². The van der Waals surface area contributed by atoms with Crippen LogP contribution in [-0.2, 0) is 14.6 Å². The molecule has 0 saturated heterocycles. The number of nitrogens with zero attached hydrogens (tertiary/aromatic N) is 1. The highest BCUT2D eigenvalue weighted by atomic mass is 32.2. The van der Waals surface area contributed by atoms with Gasteiger partial charge in [-0.05, 0) is 11.6 Å². The van der Waals surface area contributed by atoms with Gasteiger partial charge in [0.1, 0.15) is 0 Å². The highest BCUT2D eigenvalue weighted by Gasteiger charge is 2.13.